The number of nitrogens with two attached hydrogens (primary N) is 1. The third kappa shape index (κ3) is 2.21. The zero-order chi connectivity index (χ0) is 9.14. The quantitative estimate of drug-likeness (QED) is 0.658. The van der Waals surface area contributed by atoms with E-state index in [2.05, 4.69) is 29.2 Å². The first-order chi connectivity index (χ1) is 5.65. The van der Waals surface area contributed by atoms with Gasteiger partial charge in [0.2, 0.25) is 0 Å². The number of rotatable bonds is 2. The van der Waals surface area contributed by atoms with Crippen LogP contribution in [0.4, 0.5) is 0 Å². The summed E-state index contributed by atoms with van der Waals surface area (Å²) < 4.78 is 1.02. The van der Waals surface area contributed by atoms with Crippen molar-refractivity contribution < 1.29 is 0 Å². The number of benzene rings is 1. The van der Waals surface area contributed by atoms with Gasteiger partial charge in [-0.05, 0) is 40.3 Å². The van der Waals surface area contributed by atoms with Gasteiger partial charge in [0.05, 0.1) is 5.02 Å². The molecule has 1 aromatic carbocycles. The van der Waals surface area contributed by atoms with E-state index in [-0.39, 0.29) is 6.04 Å². The van der Waals surface area contributed by atoms with Crippen LogP contribution in [0.15, 0.2) is 30.9 Å². The zero-order valence-electron chi connectivity index (χ0n) is 6.43. The van der Waals surface area contributed by atoms with E-state index in [0.717, 1.165) is 14.2 Å². The van der Waals surface area contributed by atoms with Crippen LogP contribution < -0.4 is 5.73 Å². The molecule has 0 amide bonds. The van der Waals surface area contributed by atoms with E-state index in [0.29, 0.717) is 0 Å². The Morgan fingerprint density at radius 1 is 1.58 bits per heavy atom. The fourth-order valence-corrected chi connectivity index (χ4v) is 1.51. The van der Waals surface area contributed by atoms with Crippen molar-refractivity contribution in [3.8, 4) is 0 Å². The van der Waals surface area contributed by atoms with Crippen molar-refractivity contribution in [2.75, 3.05) is 0 Å². The third-order valence-corrected chi connectivity index (χ3v) is 3.12. The van der Waals surface area contributed by atoms with E-state index >= 15 is 0 Å². The van der Waals surface area contributed by atoms with Crippen LogP contribution >= 0.6 is 34.2 Å². The molecule has 3 heteroatoms. The summed E-state index contributed by atoms with van der Waals surface area (Å²) in [5.41, 5.74) is 6.79. The number of halogens is 2. The Bertz CT molecular complexity index is 299. The molecule has 0 aliphatic heterocycles. The molecule has 0 fully saturated rings. The molecule has 12 heavy (non-hydrogen) atoms. The lowest BCUT2D eigenvalue weighted by molar-refractivity contribution is 0.913. The Kier molecular flexibility index (Phi) is 3.55. The standard InChI is InChI=1S/C9H9ClIN/c1-2-9(12)6-3-4-7(10)8(11)5-6/h2-5,9H,1,12H2/t9-/m1/s1. The van der Waals surface area contributed by atoms with Gasteiger partial charge in [-0.15, -0.1) is 6.58 Å². The van der Waals surface area contributed by atoms with Crippen molar-refractivity contribution in [1.29, 1.82) is 0 Å². The smallest absolute Gasteiger partial charge is 0.0539 e. The van der Waals surface area contributed by atoms with Gasteiger partial charge in [0.1, 0.15) is 0 Å². The number of hydrogen-bond acceptors (Lipinski definition) is 1. The van der Waals surface area contributed by atoms with Crippen LogP contribution in [0.1, 0.15) is 11.6 Å². The predicted octanol–water partition coefficient (Wildman–Crippen LogP) is 3.13. The van der Waals surface area contributed by atoms with Gasteiger partial charge in [0.25, 0.3) is 0 Å². The second-order valence-electron chi connectivity index (χ2n) is 2.44. The summed E-state index contributed by atoms with van der Waals surface area (Å²) in [5.74, 6) is 0. The van der Waals surface area contributed by atoms with Crippen LogP contribution in [0.2, 0.25) is 5.02 Å². The molecule has 0 saturated heterocycles. The SMILES string of the molecule is C=C[C@@H](N)c1ccc(Cl)c(I)c1. The van der Waals surface area contributed by atoms with E-state index < -0.39 is 0 Å². The molecule has 2 N–H and O–H groups in total. The normalized spacial score (nSPS) is 12.6. The van der Waals surface area contributed by atoms with Crippen LogP contribution in [0.5, 0.6) is 0 Å². The maximum absolute atomic E-state index is 5.85. The minimum atomic E-state index is -0.101. The van der Waals surface area contributed by atoms with E-state index in [9.17, 15) is 0 Å². The summed E-state index contributed by atoms with van der Waals surface area (Å²) in [5, 5.41) is 0.760. The summed E-state index contributed by atoms with van der Waals surface area (Å²) in [6, 6.07) is 5.63. The van der Waals surface area contributed by atoms with Crippen LogP contribution in [0, 0.1) is 3.57 Å². The molecule has 1 atom stereocenters. The monoisotopic (exact) mass is 293 g/mol. The van der Waals surface area contributed by atoms with Gasteiger partial charge in [-0.1, -0.05) is 23.7 Å². The fraction of sp³-hybridized carbons (Fsp3) is 0.111. The highest BCUT2D eigenvalue weighted by molar-refractivity contribution is 14.1. The Labute approximate surface area is 90.7 Å². The summed E-state index contributed by atoms with van der Waals surface area (Å²) >= 11 is 8.03. The van der Waals surface area contributed by atoms with Crippen LogP contribution in [0.3, 0.4) is 0 Å². The minimum absolute atomic E-state index is 0.101. The Balaban J connectivity index is 3.04. The lowest BCUT2D eigenvalue weighted by atomic mass is 10.1. The van der Waals surface area contributed by atoms with Crippen molar-refractivity contribution in [3.63, 3.8) is 0 Å². The van der Waals surface area contributed by atoms with Crippen LogP contribution in [-0.2, 0) is 0 Å². The molecule has 0 aliphatic carbocycles. The van der Waals surface area contributed by atoms with Crippen molar-refractivity contribution in [2.45, 2.75) is 6.04 Å². The van der Waals surface area contributed by atoms with E-state index in [4.69, 9.17) is 17.3 Å². The average molecular weight is 294 g/mol. The van der Waals surface area contributed by atoms with E-state index in [1.807, 2.05) is 18.2 Å². The minimum Gasteiger partial charge on any atom is -0.321 e. The molecule has 1 rings (SSSR count). The highest BCUT2D eigenvalue weighted by Crippen LogP contribution is 2.22. The third-order valence-electron chi connectivity index (χ3n) is 1.58. The van der Waals surface area contributed by atoms with Crippen molar-refractivity contribution >= 4 is 34.2 Å². The fourth-order valence-electron chi connectivity index (χ4n) is 0.856. The first-order valence-electron chi connectivity index (χ1n) is 3.48. The summed E-state index contributed by atoms with van der Waals surface area (Å²) in [6.45, 7) is 3.63. The first-order valence-corrected chi connectivity index (χ1v) is 4.94. The molecule has 1 nitrogen and oxygen atoms in total. The molecule has 0 spiro atoms. The van der Waals surface area contributed by atoms with Crippen molar-refractivity contribution in [1.82, 2.24) is 0 Å². The lowest BCUT2D eigenvalue weighted by Crippen LogP contribution is -2.06. The highest BCUT2D eigenvalue weighted by Gasteiger charge is 2.03. The second kappa shape index (κ2) is 4.25. The van der Waals surface area contributed by atoms with Gasteiger partial charge in [-0.3, -0.25) is 0 Å². The molecule has 0 aromatic heterocycles. The van der Waals surface area contributed by atoms with Crippen molar-refractivity contribution in [3.05, 3.63) is 45.0 Å². The summed E-state index contributed by atoms with van der Waals surface area (Å²) in [6.07, 6.45) is 1.71. The maximum Gasteiger partial charge on any atom is 0.0539 e. The molecule has 1 aromatic rings. The van der Waals surface area contributed by atoms with Crippen LogP contribution in [0.25, 0.3) is 0 Å². The van der Waals surface area contributed by atoms with Gasteiger partial charge in [-0.2, -0.15) is 0 Å². The molecule has 0 saturated carbocycles. The largest absolute Gasteiger partial charge is 0.321 e. The van der Waals surface area contributed by atoms with Gasteiger partial charge in [0.15, 0.2) is 0 Å². The molecule has 0 unspecified atom stereocenters. The molecule has 0 aliphatic rings. The summed E-state index contributed by atoms with van der Waals surface area (Å²) in [7, 11) is 0. The lowest BCUT2D eigenvalue weighted by Gasteiger charge is -2.07. The predicted molar refractivity (Wildman–Crippen MR) is 61.3 cm³/mol. The zero-order valence-corrected chi connectivity index (χ0v) is 9.34. The van der Waals surface area contributed by atoms with Crippen molar-refractivity contribution in [2.24, 2.45) is 5.73 Å². The molecule has 0 heterocycles. The van der Waals surface area contributed by atoms with Gasteiger partial charge >= 0.3 is 0 Å². The molecule has 0 bridgehead atoms. The molecular formula is C9H9ClIN. The Morgan fingerprint density at radius 3 is 2.75 bits per heavy atom. The van der Waals surface area contributed by atoms with Crippen LogP contribution in [-0.4, -0.2) is 0 Å². The van der Waals surface area contributed by atoms with Gasteiger partial charge < -0.3 is 5.73 Å². The van der Waals surface area contributed by atoms with Gasteiger partial charge in [-0.25, -0.2) is 0 Å². The maximum atomic E-state index is 5.85. The molecule has 64 valence electrons. The Hall–Kier alpha value is -0.0600. The average Bonchev–Trinajstić information content (AvgIpc) is 2.08. The molecular weight excluding hydrogens is 284 g/mol. The van der Waals surface area contributed by atoms with Gasteiger partial charge in [0, 0.05) is 9.61 Å². The van der Waals surface area contributed by atoms with E-state index in [1.165, 1.54) is 0 Å². The summed E-state index contributed by atoms with van der Waals surface area (Å²) in [4.78, 5) is 0. The highest BCUT2D eigenvalue weighted by atomic mass is 127. The van der Waals surface area contributed by atoms with E-state index in [1.54, 1.807) is 6.08 Å². The number of hydrogen-bond donors (Lipinski definition) is 1. The Morgan fingerprint density at radius 2 is 2.25 bits per heavy atom. The first kappa shape index (κ1) is 10.0. The topological polar surface area (TPSA) is 26.0 Å². The molecule has 0 radical (unpaired) electrons. The second-order valence-corrected chi connectivity index (χ2v) is 4.00.